The first-order valence-electron chi connectivity index (χ1n) is 6.06. The van der Waals surface area contributed by atoms with Gasteiger partial charge in [-0.15, -0.1) is 11.3 Å². The molecule has 0 aliphatic heterocycles. The number of nitrogens with one attached hydrogen (secondary N) is 1. The highest BCUT2D eigenvalue weighted by Crippen LogP contribution is 2.24. The number of hydrogen-bond acceptors (Lipinski definition) is 3. The van der Waals surface area contributed by atoms with Crippen LogP contribution in [0.1, 0.15) is 30.6 Å². The van der Waals surface area contributed by atoms with Crippen molar-refractivity contribution in [3.8, 4) is 0 Å². The summed E-state index contributed by atoms with van der Waals surface area (Å²) in [6.45, 7) is 5.09. The molecule has 2 rings (SSSR count). The molecular formula is C14H19N3S. The van der Waals surface area contributed by atoms with Gasteiger partial charge in [0.15, 0.2) is 0 Å². The predicted octanol–water partition coefficient (Wildman–Crippen LogP) is 3.13. The summed E-state index contributed by atoms with van der Waals surface area (Å²) in [7, 11) is 2.03. The Kier molecular flexibility index (Phi) is 4.33. The second-order valence-electron chi connectivity index (χ2n) is 4.53. The molecule has 96 valence electrons. The number of rotatable bonds is 5. The van der Waals surface area contributed by atoms with Crippen LogP contribution in [0, 0.1) is 0 Å². The Hall–Kier alpha value is -1.39. The van der Waals surface area contributed by atoms with E-state index in [1.165, 1.54) is 10.5 Å². The van der Waals surface area contributed by atoms with E-state index in [0.717, 1.165) is 12.4 Å². The summed E-state index contributed by atoms with van der Waals surface area (Å²) in [5, 5.41) is 5.65. The average Bonchev–Trinajstić information content (AvgIpc) is 2.96. The fraction of sp³-hybridized carbons (Fsp3) is 0.357. The lowest BCUT2D eigenvalue weighted by Crippen LogP contribution is -2.24. The third-order valence-electron chi connectivity index (χ3n) is 2.78. The third-order valence-corrected chi connectivity index (χ3v) is 3.71. The molecule has 2 aromatic heterocycles. The number of hydrogen-bond donors (Lipinski definition) is 1. The normalized spacial score (nSPS) is 12.4. The van der Waals surface area contributed by atoms with Crippen molar-refractivity contribution in [3.05, 3.63) is 52.3 Å². The minimum Gasteiger partial charge on any atom is -0.336 e. The van der Waals surface area contributed by atoms with Crippen molar-refractivity contribution in [2.24, 2.45) is 7.05 Å². The van der Waals surface area contributed by atoms with Crippen LogP contribution in [0.15, 0.2) is 41.6 Å². The van der Waals surface area contributed by atoms with E-state index in [-0.39, 0.29) is 6.04 Å². The minimum atomic E-state index is 0.167. The lowest BCUT2D eigenvalue weighted by Gasteiger charge is -2.16. The molecule has 0 bridgehead atoms. The van der Waals surface area contributed by atoms with Gasteiger partial charge in [-0.25, -0.2) is 4.98 Å². The molecule has 0 radical (unpaired) electrons. The van der Waals surface area contributed by atoms with Gasteiger partial charge in [0.25, 0.3) is 0 Å². The van der Waals surface area contributed by atoms with Crippen molar-refractivity contribution in [2.75, 3.05) is 6.54 Å². The number of aryl methyl sites for hydroxylation is 1. The van der Waals surface area contributed by atoms with Crippen LogP contribution in [-0.4, -0.2) is 16.1 Å². The van der Waals surface area contributed by atoms with Gasteiger partial charge in [-0.2, -0.15) is 0 Å². The molecular weight excluding hydrogens is 242 g/mol. The number of imidazole rings is 1. The highest BCUT2D eigenvalue weighted by atomic mass is 32.1. The SMILES string of the molecule is CC(C)=CCNC(c1cccs1)c1nccn1C. The van der Waals surface area contributed by atoms with Gasteiger partial charge in [0.2, 0.25) is 0 Å². The molecule has 0 fully saturated rings. The molecule has 0 spiro atoms. The van der Waals surface area contributed by atoms with E-state index >= 15 is 0 Å². The van der Waals surface area contributed by atoms with Gasteiger partial charge in [-0.1, -0.05) is 17.7 Å². The Morgan fingerprint density at radius 3 is 2.94 bits per heavy atom. The van der Waals surface area contributed by atoms with Crippen LogP contribution in [0.5, 0.6) is 0 Å². The highest BCUT2D eigenvalue weighted by Gasteiger charge is 2.17. The summed E-state index contributed by atoms with van der Waals surface area (Å²) in [6.07, 6.45) is 6.03. The molecule has 2 heterocycles. The summed E-state index contributed by atoms with van der Waals surface area (Å²) >= 11 is 1.76. The number of aromatic nitrogens is 2. The van der Waals surface area contributed by atoms with Crippen LogP contribution in [0.4, 0.5) is 0 Å². The Balaban J connectivity index is 2.19. The maximum absolute atomic E-state index is 4.46. The van der Waals surface area contributed by atoms with E-state index < -0.39 is 0 Å². The highest BCUT2D eigenvalue weighted by molar-refractivity contribution is 7.10. The van der Waals surface area contributed by atoms with E-state index in [0.29, 0.717) is 0 Å². The lowest BCUT2D eigenvalue weighted by molar-refractivity contribution is 0.599. The Labute approximate surface area is 112 Å². The first-order chi connectivity index (χ1) is 8.68. The second kappa shape index (κ2) is 5.98. The largest absolute Gasteiger partial charge is 0.336 e. The summed E-state index contributed by atoms with van der Waals surface area (Å²) in [5.74, 6) is 1.06. The molecule has 0 aliphatic carbocycles. The monoisotopic (exact) mass is 261 g/mol. The average molecular weight is 261 g/mol. The van der Waals surface area contributed by atoms with Gasteiger partial charge in [0, 0.05) is 30.9 Å². The van der Waals surface area contributed by atoms with Crippen LogP contribution >= 0.6 is 11.3 Å². The van der Waals surface area contributed by atoms with Crippen molar-refractivity contribution in [1.29, 1.82) is 0 Å². The van der Waals surface area contributed by atoms with Crippen LogP contribution < -0.4 is 5.32 Å². The minimum absolute atomic E-state index is 0.167. The van der Waals surface area contributed by atoms with Crippen molar-refractivity contribution < 1.29 is 0 Å². The summed E-state index contributed by atoms with van der Waals surface area (Å²) < 4.78 is 2.07. The summed E-state index contributed by atoms with van der Waals surface area (Å²) in [4.78, 5) is 5.75. The molecule has 1 N–H and O–H groups in total. The fourth-order valence-electron chi connectivity index (χ4n) is 1.81. The maximum atomic E-state index is 4.46. The zero-order valence-corrected chi connectivity index (χ0v) is 11.9. The van der Waals surface area contributed by atoms with Gasteiger partial charge in [-0.05, 0) is 25.3 Å². The van der Waals surface area contributed by atoms with Gasteiger partial charge in [0.05, 0.1) is 0 Å². The fourth-order valence-corrected chi connectivity index (χ4v) is 2.61. The van der Waals surface area contributed by atoms with E-state index in [9.17, 15) is 0 Å². The van der Waals surface area contributed by atoms with Gasteiger partial charge < -0.3 is 4.57 Å². The van der Waals surface area contributed by atoms with E-state index in [4.69, 9.17) is 0 Å². The molecule has 18 heavy (non-hydrogen) atoms. The van der Waals surface area contributed by atoms with Crippen LogP contribution in [0.3, 0.4) is 0 Å². The van der Waals surface area contributed by atoms with Crippen LogP contribution in [-0.2, 0) is 7.05 Å². The molecule has 2 aromatic rings. The van der Waals surface area contributed by atoms with Gasteiger partial charge >= 0.3 is 0 Å². The van der Waals surface area contributed by atoms with E-state index in [1.54, 1.807) is 11.3 Å². The van der Waals surface area contributed by atoms with E-state index in [1.807, 2.05) is 19.4 Å². The van der Waals surface area contributed by atoms with Gasteiger partial charge in [0.1, 0.15) is 11.9 Å². The van der Waals surface area contributed by atoms with Gasteiger partial charge in [-0.3, -0.25) is 5.32 Å². The molecule has 0 aromatic carbocycles. The molecule has 4 heteroatoms. The lowest BCUT2D eigenvalue weighted by atomic mass is 10.2. The van der Waals surface area contributed by atoms with Crippen molar-refractivity contribution in [2.45, 2.75) is 19.9 Å². The third kappa shape index (κ3) is 3.09. The zero-order valence-electron chi connectivity index (χ0n) is 11.1. The quantitative estimate of drug-likeness (QED) is 0.838. The smallest absolute Gasteiger partial charge is 0.131 e. The molecule has 1 unspecified atom stereocenters. The maximum Gasteiger partial charge on any atom is 0.131 e. The second-order valence-corrected chi connectivity index (χ2v) is 5.51. The van der Waals surface area contributed by atoms with E-state index in [2.05, 4.69) is 52.3 Å². The molecule has 1 atom stereocenters. The summed E-state index contributed by atoms with van der Waals surface area (Å²) in [6, 6.07) is 4.40. The van der Waals surface area contributed by atoms with Crippen LogP contribution in [0.2, 0.25) is 0 Å². The predicted molar refractivity (Wildman–Crippen MR) is 76.8 cm³/mol. The van der Waals surface area contributed by atoms with Crippen LogP contribution in [0.25, 0.3) is 0 Å². The van der Waals surface area contributed by atoms with Crippen molar-refractivity contribution in [3.63, 3.8) is 0 Å². The number of nitrogens with zero attached hydrogens (tertiary/aromatic N) is 2. The molecule has 0 amide bonds. The zero-order chi connectivity index (χ0) is 13.0. The molecule has 0 saturated carbocycles. The van der Waals surface area contributed by atoms with Crippen molar-refractivity contribution in [1.82, 2.24) is 14.9 Å². The standard InChI is InChI=1S/C14H19N3S/c1-11(2)6-7-15-13(12-5-4-10-18-12)14-16-8-9-17(14)3/h4-6,8-10,13,15H,7H2,1-3H3. The Morgan fingerprint density at radius 1 is 1.56 bits per heavy atom. The Bertz CT molecular complexity index is 507. The Morgan fingerprint density at radius 2 is 2.39 bits per heavy atom. The molecule has 3 nitrogen and oxygen atoms in total. The molecule has 0 saturated heterocycles. The van der Waals surface area contributed by atoms with Crippen molar-refractivity contribution >= 4 is 11.3 Å². The first-order valence-corrected chi connectivity index (χ1v) is 6.94. The number of thiophene rings is 1. The molecule has 0 aliphatic rings. The summed E-state index contributed by atoms with van der Waals surface area (Å²) in [5.41, 5.74) is 1.33. The first kappa shape index (κ1) is 13.1. The number of allylic oxidation sites excluding steroid dienone is 1. The topological polar surface area (TPSA) is 29.9 Å².